The van der Waals surface area contributed by atoms with E-state index in [4.69, 9.17) is 19.7 Å². The quantitative estimate of drug-likeness (QED) is 0.537. The van der Waals surface area contributed by atoms with Crippen LogP contribution in [0.15, 0.2) is 24.5 Å². The molecule has 35 heavy (non-hydrogen) atoms. The van der Waals surface area contributed by atoms with Gasteiger partial charge in [-0.2, -0.15) is 10.2 Å². The average Bonchev–Trinajstić information content (AvgIpc) is 3.53. The summed E-state index contributed by atoms with van der Waals surface area (Å²) in [6.07, 6.45) is 5.85. The summed E-state index contributed by atoms with van der Waals surface area (Å²) in [5.41, 5.74) is 3.48. The molecule has 4 atom stereocenters. The molecule has 0 aliphatic carbocycles. The summed E-state index contributed by atoms with van der Waals surface area (Å²) in [4.78, 5) is 11.6. The average molecular weight is 480 g/mol. The lowest BCUT2D eigenvalue weighted by atomic mass is 9.92. The van der Waals surface area contributed by atoms with Crippen molar-refractivity contribution in [2.45, 2.75) is 71.3 Å². The number of nitrogens with one attached hydrogen (secondary N) is 1. The summed E-state index contributed by atoms with van der Waals surface area (Å²) in [6.45, 7) is 14.1. The van der Waals surface area contributed by atoms with Gasteiger partial charge < -0.3 is 19.6 Å². The molecule has 2 unspecified atom stereocenters. The number of hydrogen-bond acceptors (Lipinski definition) is 6. The lowest BCUT2D eigenvalue weighted by Gasteiger charge is -2.27. The number of carbonyl (C=O) groups is 1. The zero-order valence-electron chi connectivity index (χ0n) is 21.8. The molecule has 5 rings (SSSR count). The first-order chi connectivity index (χ1) is 16.5. The van der Waals surface area contributed by atoms with E-state index in [9.17, 15) is 4.79 Å². The number of nitrogens with zero attached hydrogens (tertiary/aromatic N) is 4. The van der Waals surface area contributed by atoms with E-state index in [1.165, 1.54) is 0 Å². The minimum atomic E-state index is -0.303. The van der Waals surface area contributed by atoms with Gasteiger partial charge in [-0.1, -0.05) is 0 Å². The highest BCUT2D eigenvalue weighted by atomic mass is 16.5. The minimum Gasteiger partial charge on any atom is -0.490 e. The lowest BCUT2D eigenvalue weighted by molar-refractivity contribution is -0.112. The Labute approximate surface area is 207 Å². The molecule has 0 saturated carbocycles. The molecule has 0 amide bonds. The fourth-order valence-corrected chi connectivity index (χ4v) is 5.97. The smallest absolute Gasteiger partial charge is 0.131 e. The molecular formula is C27H37N5O3. The highest BCUT2D eigenvalue weighted by Crippen LogP contribution is 2.45. The first-order valence-electron chi connectivity index (χ1n) is 12.5. The number of ether oxygens (including phenoxy) is 2. The van der Waals surface area contributed by atoms with Crippen LogP contribution in [0.2, 0.25) is 0 Å². The fraction of sp³-hybridized carbons (Fsp3) is 0.593. The first kappa shape index (κ1) is 24.0. The van der Waals surface area contributed by atoms with Crippen molar-refractivity contribution in [3.8, 4) is 16.9 Å². The Morgan fingerprint density at radius 2 is 2.00 bits per heavy atom. The van der Waals surface area contributed by atoms with Crippen LogP contribution in [0, 0.1) is 18.8 Å². The van der Waals surface area contributed by atoms with Gasteiger partial charge in [0.15, 0.2) is 0 Å². The number of fused-ring (bicyclic) bond motifs is 1. The number of aldehydes is 1. The van der Waals surface area contributed by atoms with Crippen molar-refractivity contribution < 1.29 is 14.3 Å². The molecule has 1 aromatic carbocycles. The second kappa shape index (κ2) is 8.45. The number of rotatable bonds is 6. The van der Waals surface area contributed by atoms with Gasteiger partial charge in [-0.25, -0.2) is 0 Å². The molecule has 4 heterocycles. The fourth-order valence-electron chi connectivity index (χ4n) is 5.97. The third-order valence-electron chi connectivity index (χ3n) is 7.87. The summed E-state index contributed by atoms with van der Waals surface area (Å²) in [6, 6.07) is 4.35. The highest BCUT2D eigenvalue weighted by molar-refractivity contribution is 5.92. The number of aromatic nitrogens is 4. The van der Waals surface area contributed by atoms with Crippen LogP contribution in [0.25, 0.3) is 22.0 Å². The third-order valence-corrected chi connectivity index (χ3v) is 7.87. The van der Waals surface area contributed by atoms with Gasteiger partial charge >= 0.3 is 0 Å². The lowest BCUT2D eigenvalue weighted by Crippen LogP contribution is -2.31. The molecule has 0 radical (unpaired) electrons. The maximum atomic E-state index is 11.6. The monoisotopic (exact) mass is 479 g/mol. The van der Waals surface area contributed by atoms with Crippen LogP contribution in [-0.2, 0) is 16.6 Å². The van der Waals surface area contributed by atoms with E-state index in [0.717, 1.165) is 52.7 Å². The van der Waals surface area contributed by atoms with Crippen molar-refractivity contribution in [1.82, 2.24) is 24.9 Å². The van der Waals surface area contributed by atoms with E-state index < -0.39 is 0 Å². The zero-order chi connectivity index (χ0) is 25.1. The summed E-state index contributed by atoms with van der Waals surface area (Å²) in [7, 11) is 1.95. The van der Waals surface area contributed by atoms with E-state index in [0.29, 0.717) is 6.54 Å². The van der Waals surface area contributed by atoms with Gasteiger partial charge in [-0.3, -0.25) is 9.36 Å². The van der Waals surface area contributed by atoms with Crippen LogP contribution >= 0.6 is 0 Å². The molecule has 8 nitrogen and oxygen atoms in total. The molecule has 2 aliphatic heterocycles. The van der Waals surface area contributed by atoms with Gasteiger partial charge in [-0.15, -0.1) is 0 Å². The minimum absolute atomic E-state index is 0.0295. The molecule has 8 heteroatoms. The summed E-state index contributed by atoms with van der Waals surface area (Å²) >= 11 is 0. The Kier molecular flexibility index (Phi) is 5.79. The molecule has 2 aromatic heterocycles. The van der Waals surface area contributed by atoms with Crippen molar-refractivity contribution in [2.75, 3.05) is 13.1 Å². The van der Waals surface area contributed by atoms with Crippen molar-refractivity contribution in [3.05, 3.63) is 30.2 Å². The number of benzene rings is 1. The largest absolute Gasteiger partial charge is 0.490 e. The molecule has 0 spiro atoms. The normalized spacial score (nSPS) is 26.3. The Balaban J connectivity index is 1.51. The van der Waals surface area contributed by atoms with Gasteiger partial charge in [0.1, 0.15) is 18.1 Å². The second-order valence-electron chi connectivity index (χ2n) is 11.4. The van der Waals surface area contributed by atoms with Crippen molar-refractivity contribution in [2.24, 2.45) is 18.9 Å². The Morgan fingerprint density at radius 1 is 1.23 bits per heavy atom. The standard InChI is InChI=1S/C27H37N5O3/c1-16-25-22(30-31(16)7)8-18(9-23(25)34-17(2)21-13-28-11-20(21)15-33)19-12-29-32(14-19)24-10-26(3,4)35-27(24,5)6/h8-9,12,14-15,17,20-21,24,28H,10-11,13H2,1-7H3/t17-,20?,21-,24?/m1/s1. The molecule has 1 N–H and O–H groups in total. The Bertz CT molecular complexity index is 1260. The number of hydrogen-bond donors (Lipinski definition) is 1. The Hall–Kier alpha value is -2.71. The zero-order valence-corrected chi connectivity index (χ0v) is 21.8. The van der Waals surface area contributed by atoms with Crippen LogP contribution in [0.5, 0.6) is 5.75 Å². The van der Waals surface area contributed by atoms with Gasteiger partial charge in [0, 0.05) is 55.8 Å². The molecular weight excluding hydrogens is 442 g/mol. The third kappa shape index (κ3) is 4.27. The Morgan fingerprint density at radius 3 is 2.69 bits per heavy atom. The molecule has 0 bridgehead atoms. The number of carbonyl (C=O) groups excluding carboxylic acids is 1. The van der Waals surface area contributed by atoms with E-state index in [1.807, 2.05) is 22.6 Å². The topological polar surface area (TPSA) is 83.2 Å². The summed E-state index contributed by atoms with van der Waals surface area (Å²) in [5, 5.41) is 13.8. The van der Waals surface area contributed by atoms with Crippen LogP contribution in [0.3, 0.4) is 0 Å². The molecule has 2 saturated heterocycles. The van der Waals surface area contributed by atoms with Crippen molar-refractivity contribution in [1.29, 1.82) is 0 Å². The van der Waals surface area contributed by atoms with Gasteiger partial charge in [-0.05, 0) is 59.2 Å². The molecule has 3 aromatic rings. The van der Waals surface area contributed by atoms with Crippen LogP contribution in [0.1, 0.15) is 52.8 Å². The van der Waals surface area contributed by atoms with E-state index >= 15 is 0 Å². The van der Waals surface area contributed by atoms with Crippen LogP contribution in [-0.4, -0.2) is 56.2 Å². The van der Waals surface area contributed by atoms with E-state index in [-0.39, 0.29) is 35.2 Å². The maximum Gasteiger partial charge on any atom is 0.131 e. The second-order valence-corrected chi connectivity index (χ2v) is 11.4. The molecule has 2 fully saturated rings. The summed E-state index contributed by atoms with van der Waals surface area (Å²) in [5.74, 6) is 0.905. The van der Waals surface area contributed by atoms with Gasteiger partial charge in [0.2, 0.25) is 0 Å². The van der Waals surface area contributed by atoms with Crippen molar-refractivity contribution >= 4 is 17.2 Å². The maximum absolute atomic E-state index is 11.6. The molecule has 188 valence electrons. The SMILES string of the molecule is Cc1c2c(O[C@H](C)[C@H]3CNCC3C=O)cc(-c3cnn(C4CC(C)(C)OC4(C)C)c3)cc2nn1C. The van der Waals surface area contributed by atoms with Crippen molar-refractivity contribution in [3.63, 3.8) is 0 Å². The summed E-state index contributed by atoms with van der Waals surface area (Å²) < 4.78 is 16.8. The van der Waals surface area contributed by atoms with Crippen LogP contribution < -0.4 is 10.1 Å². The van der Waals surface area contributed by atoms with E-state index in [2.05, 4.69) is 65.2 Å². The van der Waals surface area contributed by atoms with Gasteiger partial charge in [0.25, 0.3) is 0 Å². The number of aryl methyl sites for hydroxylation is 2. The van der Waals surface area contributed by atoms with E-state index in [1.54, 1.807) is 0 Å². The molecule has 2 aliphatic rings. The highest BCUT2D eigenvalue weighted by Gasteiger charge is 2.47. The predicted molar refractivity (Wildman–Crippen MR) is 136 cm³/mol. The van der Waals surface area contributed by atoms with Crippen LogP contribution in [0.4, 0.5) is 0 Å². The predicted octanol–water partition coefficient (Wildman–Crippen LogP) is 4.07. The first-order valence-corrected chi connectivity index (χ1v) is 12.5. The van der Waals surface area contributed by atoms with Gasteiger partial charge in [0.05, 0.1) is 34.3 Å².